The fraction of sp³-hybridized carbons (Fsp3) is 0.0833. The summed E-state index contributed by atoms with van der Waals surface area (Å²) in [5, 5.41) is -0.179. The van der Waals surface area contributed by atoms with Crippen molar-refractivity contribution >= 4 is 17.9 Å². The molecular formula is C12H6ClF3N2O. The molecule has 1 heterocycles. The van der Waals surface area contributed by atoms with Crippen LogP contribution in [0.25, 0.3) is 11.3 Å². The van der Waals surface area contributed by atoms with Gasteiger partial charge in [0.25, 0.3) is 0 Å². The van der Waals surface area contributed by atoms with Crippen LogP contribution in [0.2, 0.25) is 5.15 Å². The van der Waals surface area contributed by atoms with Crippen molar-refractivity contribution in [1.29, 1.82) is 0 Å². The van der Waals surface area contributed by atoms with Crippen LogP contribution in [-0.2, 0) is 0 Å². The third kappa shape index (κ3) is 2.44. The van der Waals surface area contributed by atoms with E-state index < -0.39 is 17.5 Å². The summed E-state index contributed by atoms with van der Waals surface area (Å²) in [6.45, 7) is 1.47. The summed E-state index contributed by atoms with van der Waals surface area (Å²) in [6.07, 6.45) is 0.331. The van der Waals surface area contributed by atoms with E-state index in [1.807, 2.05) is 0 Å². The molecule has 1 aromatic heterocycles. The second-order valence-corrected chi connectivity index (χ2v) is 4.05. The molecule has 0 unspecified atom stereocenters. The van der Waals surface area contributed by atoms with E-state index in [2.05, 4.69) is 9.97 Å². The van der Waals surface area contributed by atoms with Crippen LogP contribution in [0, 0.1) is 24.4 Å². The first-order chi connectivity index (χ1) is 8.93. The zero-order valence-corrected chi connectivity index (χ0v) is 10.3. The van der Waals surface area contributed by atoms with Crippen molar-refractivity contribution in [3.8, 4) is 11.3 Å². The molecule has 3 nitrogen and oxygen atoms in total. The molecule has 19 heavy (non-hydrogen) atoms. The lowest BCUT2D eigenvalue weighted by Crippen LogP contribution is -2.02. The Labute approximate surface area is 111 Å². The zero-order valence-electron chi connectivity index (χ0n) is 9.55. The molecule has 0 amide bonds. The number of rotatable bonds is 2. The molecule has 0 radical (unpaired) electrons. The number of benzene rings is 1. The van der Waals surface area contributed by atoms with E-state index in [1.165, 1.54) is 6.92 Å². The molecule has 98 valence electrons. The van der Waals surface area contributed by atoms with Gasteiger partial charge in [0.05, 0.1) is 11.3 Å². The van der Waals surface area contributed by atoms with Gasteiger partial charge in [-0.05, 0) is 13.0 Å². The fourth-order valence-corrected chi connectivity index (χ4v) is 1.82. The molecule has 2 aromatic rings. The van der Waals surface area contributed by atoms with Crippen molar-refractivity contribution in [2.24, 2.45) is 0 Å². The molecule has 0 fully saturated rings. The molecular weight excluding hydrogens is 281 g/mol. The first kappa shape index (κ1) is 13.5. The average Bonchev–Trinajstić information content (AvgIpc) is 2.33. The van der Waals surface area contributed by atoms with Crippen LogP contribution in [0.4, 0.5) is 13.2 Å². The van der Waals surface area contributed by atoms with Crippen LogP contribution in [0.1, 0.15) is 16.2 Å². The predicted octanol–water partition coefficient (Wildman–Crippen LogP) is 3.34. The van der Waals surface area contributed by atoms with E-state index in [1.54, 1.807) is 0 Å². The number of carbonyl (C=O) groups is 1. The standard InChI is InChI=1S/C12H6ClF3N2O/c1-5-17-11(7(4-19)12(13)18-5)6-2-9(15)10(16)3-8(6)14/h2-4H,1H3. The van der Waals surface area contributed by atoms with Crippen LogP contribution < -0.4 is 0 Å². The molecule has 0 saturated heterocycles. The largest absolute Gasteiger partial charge is 0.298 e. The Morgan fingerprint density at radius 3 is 2.37 bits per heavy atom. The van der Waals surface area contributed by atoms with Crippen LogP contribution in [-0.4, -0.2) is 16.3 Å². The highest BCUT2D eigenvalue weighted by molar-refractivity contribution is 6.32. The van der Waals surface area contributed by atoms with E-state index >= 15 is 0 Å². The van der Waals surface area contributed by atoms with Gasteiger partial charge in [0.15, 0.2) is 17.9 Å². The van der Waals surface area contributed by atoms with Gasteiger partial charge in [0, 0.05) is 11.6 Å². The van der Waals surface area contributed by atoms with Gasteiger partial charge in [-0.3, -0.25) is 4.79 Å². The minimum atomic E-state index is -1.33. The Hall–Kier alpha value is -1.95. The summed E-state index contributed by atoms with van der Waals surface area (Å²) in [5.41, 5.74) is -0.713. The Kier molecular flexibility index (Phi) is 3.53. The van der Waals surface area contributed by atoms with E-state index in [-0.39, 0.29) is 27.8 Å². The average molecular weight is 287 g/mol. The third-order valence-corrected chi connectivity index (χ3v) is 2.68. The number of hydrogen-bond donors (Lipinski definition) is 0. The van der Waals surface area contributed by atoms with Crippen molar-refractivity contribution in [2.75, 3.05) is 0 Å². The molecule has 7 heteroatoms. The van der Waals surface area contributed by atoms with E-state index in [0.717, 1.165) is 0 Å². The lowest BCUT2D eigenvalue weighted by Gasteiger charge is -2.08. The van der Waals surface area contributed by atoms with Crippen LogP contribution >= 0.6 is 11.6 Å². The SMILES string of the molecule is Cc1nc(Cl)c(C=O)c(-c2cc(F)c(F)cc2F)n1. The lowest BCUT2D eigenvalue weighted by molar-refractivity contribution is 0.112. The lowest BCUT2D eigenvalue weighted by atomic mass is 10.1. The summed E-state index contributed by atoms with van der Waals surface area (Å²) < 4.78 is 39.7. The fourth-order valence-electron chi connectivity index (χ4n) is 1.56. The minimum absolute atomic E-state index is 0.176. The molecule has 0 aliphatic carbocycles. The predicted molar refractivity (Wildman–Crippen MR) is 62.5 cm³/mol. The van der Waals surface area contributed by atoms with E-state index in [0.29, 0.717) is 18.4 Å². The molecule has 2 rings (SSSR count). The van der Waals surface area contributed by atoms with Crippen LogP contribution in [0.5, 0.6) is 0 Å². The zero-order chi connectivity index (χ0) is 14.2. The summed E-state index contributed by atoms with van der Waals surface area (Å²) in [6, 6.07) is 1.00. The van der Waals surface area contributed by atoms with E-state index in [9.17, 15) is 18.0 Å². The normalized spacial score (nSPS) is 10.6. The number of carbonyl (C=O) groups excluding carboxylic acids is 1. The Bertz CT molecular complexity index is 677. The highest BCUT2D eigenvalue weighted by Gasteiger charge is 2.18. The molecule has 0 saturated carbocycles. The Balaban J connectivity index is 2.78. The molecule has 0 atom stereocenters. The first-order valence-electron chi connectivity index (χ1n) is 5.08. The minimum Gasteiger partial charge on any atom is -0.298 e. The molecule has 0 aliphatic heterocycles. The second-order valence-electron chi connectivity index (χ2n) is 3.69. The third-order valence-electron chi connectivity index (χ3n) is 2.39. The van der Waals surface area contributed by atoms with Crippen molar-refractivity contribution in [1.82, 2.24) is 9.97 Å². The van der Waals surface area contributed by atoms with Crippen molar-refractivity contribution in [2.45, 2.75) is 6.92 Å². The Morgan fingerprint density at radius 2 is 1.74 bits per heavy atom. The summed E-state index contributed by atoms with van der Waals surface area (Å²) in [7, 11) is 0. The number of aryl methyl sites for hydroxylation is 1. The monoisotopic (exact) mass is 286 g/mol. The maximum Gasteiger partial charge on any atom is 0.161 e. The highest BCUT2D eigenvalue weighted by atomic mass is 35.5. The molecule has 0 spiro atoms. The van der Waals surface area contributed by atoms with Crippen LogP contribution in [0.3, 0.4) is 0 Å². The second kappa shape index (κ2) is 4.97. The van der Waals surface area contributed by atoms with Gasteiger partial charge in [-0.25, -0.2) is 23.1 Å². The number of nitrogens with zero attached hydrogens (tertiary/aromatic N) is 2. The quantitative estimate of drug-likeness (QED) is 0.483. The Morgan fingerprint density at radius 1 is 1.11 bits per heavy atom. The number of aromatic nitrogens is 2. The van der Waals surface area contributed by atoms with E-state index in [4.69, 9.17) is 11.6 Å². The topological polar surface area (TPSA) is 42.9 Å². The van der Waals surface area contributed by atoms with Gasteiger partial charge >= 0.3 is 0 Å². The van der Waals surface area contributed by atoms with Crippen molar-refractivity contribution in [3.63, 3.8) is 0 Å². The summed E-state index contributed by atoms with van der Waals surface area (Å²) in [4.78, 5) is 18.5. The molecule has 0 aliphatic rings. The number of halogens is 4. The van der Waals surface area contributed by atoms with Gasteiger partial charge in [0.2, 0.25) is 0 Å². The van der Waals surface area contributed by atoms with Gasteiger partial charge in [-0.2, -0.15) is 0 Å². The van der Waals surface area contributed by atoms with Gasteiger partial charge in [-0.1, -0.05) is 11.6 Å². The maximum absolute atomic E-state index is 13.7. The molecule has 0 bridgehead atoms. The van der Waals surface area contributed by atoms with Gasteiger partial charge in [-0.15, -0.1) is 0 Å². The number of aldehydes is 1. The smallest absolute Gasteiger partial charge is 0.161 e. The highest BCUT2D eigenvalue weighted by Crippen LogP contribution is 2.28. The molecule has 1 aromatic carbocycles. The van der Waals surface area contributed by atoms with Crippen LogP contribution in [0.15, 0.2) is 12.1 Å². The summed E-state index contributed by atoms with van der Waals surface area (Å²) >= 11 is 5.74. The maximum atomic E-state index is 13.7. The molecule has 0 N–H and O–H groups in total. The van der Waals surface area contributed by atoms with Crippen molar-refractivity contribution < 1.29 is 18.0 Å². The van der Waals surface area contributed by atoms with Crippen molar-refractivity contribution in [3.05, 3.63) is 46.1 Å². The van der Waals surface area contributed by atoms with Gasteiger partial charge in [0.1, 0.15) is 16.8 Å². The summed E-state index contributed by atoms with van der Waals surface area (Å²) in [5.74, 6) is -3.45. The van der Waals surface area contributed by atoms with Gasteiger partial charge < -0.3 is 0 Å². The first-order valence-corrected chi connectivity index (χ1v) is 5.46. The number of hydrogen-bond acceptors (Lipinski definition) is 3.